The van der Waals surface area contributed by atoms with Crippen LogP contribution in [0.5, 0.6) is 5.75 Å². The predicted molar refractivity (Wildman–Crippen MR) is 90.1 cm³/mol. The Balaban J connectivity index is 1.44. The van der Waals surface area contributed by atoms with Gasteiger partial charge in [0.15, 0.2) is 0 Å². The lowest BCUT2D eigenvalue weighted by atomic mass is 9.99. The topological polar surface area (TPSA) is 39.5 Å². The van der Waals surface area contributed by atoms with Gasteiger partial charge in [-0.25, -0.2) is 0 Å². The molecule has 0 saturated carbocycles. The van der Waals surface area contributed by atoms with Gasteiger partial charge >= 0.3 is 6.36 Å². The third-order valence-electron chi connectivity index (χ3n) is 5.35. The smallest absolute Gasteiger partial charge is 0.406 e. The van der Waals surface area contributed by atoms with E-state index in [0.29, 0.717) is 11.4 Å². The zero-order chi connectivity index (χ0) is 18.1. The molecule has 3 heterocycles. The van der Waals surface area contributed by atoms with E-state index in [1.54, 1.807) is 12.3 Å². The third kappa shape index (κ3) is 3.81. The Hall–Kier alpha value is -1.80. The molecular formula is C18H22F3N3O2. The van der Waals surface area contributed by atoms with Crippen molar-refractivity contribution < 1.29 is 22.6 Å². The zero-order valence-electron chi connectivity index (χ0n) is 14.4. The summed E-state index contributed by atoms with van der Waals surface area (Å²) in [6.07, 6.45) is 1.11. The largest absolute Gasteiger partial charge is 0.573 e. The maximum absolute atomic E-state index is 12.4. The van der Waals surface area contributed by atoms with E-state index in [2.05, 4.69) is 14.7 Å². The van der Waals surface area contributed by atoms with Gasteiger partial charge in [-0.05, 0) is 43.9 Å². The summed E-state index contributed by atoms with van der Waals surface area (Å²) in [5.41, 5.74) is 0.851. The minimum atomic E-state index is -4.68. The monoisotopic (exact) mass is 369 g/mol. The molecule has 0 aliphatic carbocycles. The van der Waals surface area contributed by atoms with Crippen molar-refractivity contribution in [2.75, 3.05) is 26.3 Å². The van der Waals surface area contributed by atoms with E-state index in [0.717, 1.165) is 57.5 Å². The number of nitrogens with zero attached hydrogens (tertiary/aromatic N) is 3. The van der Waals surface area contributed by atoms with Crippen LogP contribution in [0.3, 0.4) is 0 Å². The van der Waals surface area contributed by atoms with Crippen molar-refractivity contribution in [1.82, 2.24) is 14.7 Å². The standard InChI is InChI=1S/C18H22F3N3O2/c19-18(20,21)26-16-1-2-17-13(11-16)12-22-24(17)15-3-7-23(8-4-15)14-5-9-25-10-6-14/h1-2,11-12,14-15H,3-10H2. The third-order valence-corrected chi connectivity index (χ3v) is 5.35. The lowest BCUT2D eigenvalue weighted by molar-refractivity contribution is -0.274. The lowest BCUT2D eigenvalue weighted by Crippen LogP contribution is -2.44. The van der Waals surface area contributed by atoms with Crippen LogP contribution >= 0.6 is 0 Å². The fourth-order valence-corrected chi connectivity index (χ4v) is 4.07. The van der Waals surface area contributed by atoms with Gasteiger partial charge in [-0.2, -0.15) is 5.10 Å². The minimum Gasteiger partial charge on any atom is -0.406 e. The van der Waals surface area contributed by atoms with E-state index < -0.39 is 6.36 Å². The second kappa shape index (κ2) is 7.08. The number of fused-ring (bicyclic) bond motifs is 1. The van der Waals surface area contributed by atoms with Gasteiger partial charge in [-0.15, -0.1) is 13.2 Å². The number of benzene rings is 1. The average Bonchev–Trinajstić information content (AvgIpc) is 3.04. The molecule has 2 fully saturated rings. The molecule has 0 amide bonds. The molecule has 2 aromatic rings. The van der Waals surface area contributed by atoms with Crippen LogP contribution in [0.1, 0.15) is 31.7 Å². The molecule has 0 atom stereocenters. The summed E-state index contributed by atoms with van der Waals surface area (Å²) in [5.74, 6) is -0.209. The molecule has 0 bridgehead atoms. The van der Waals surface area contributed by atoms with E-state index >= 15 is 0 Å². The van der Waals surface area contributed by atoms with Crippen LogP contribution in [0.2, 0.25) is 0 Å². The van der Waals surface area contributed by atoms with E-state index in [1.807, 2.05) is 4.68 Å². The predicted octanol–water partition coefficient (Wildman–Crippen LogP) is 3.75. The van der Waals surface area contributed by atoms with Crippen LogP contribution in [0.15, 0.2) is 24.4 Å². The highest BCUT2D eigenvalue weighted by Crippen LogP contribution is 2.31. The number of alkyl halides is 3. The molecule has 8 heteroatoms. The van der Waals surface area contributed by atoms with Gasteiger partial charge < -0.3 is 14.4 Å². The Bertz CT molecular complexity index is 748. The zero-order valence-corrected chi connectivity index (χ0v) is 14.4. The first-order chi connectivity index (χ1) is 12.5. The number of rotatable bonds is 3. The number of hydrogen-bond donors (Lipinski definition) is 0. The van der Waals surface area contributed by atoms with Crippen molar-refractivity contribution in [3.8, 4) is 5.75 Å². The Morgan fingerprint density at radius 2 is 1.77 bits per heavy atom. The van der Waals surface area contributed by atoms with Crippen LogP contribution in [0.4, 0.5) is 13.2 Å². The number of halogens is 3. The maximum atomic E-state index is 12.4. The number of piperidine rings is 1. The number of hydrogen-bond acceptors (Lipinski definition) is 4. The Labute approximate surface area is 149 Å². The summed E-state index contributed by atoms with van der Waals surface area (Å²) in [7, 11) is 0. The van der Waals surface area contributed by atoms with Crippen molar-refractivity contribution in [2.45, 2.75) is 44.1 Å². The van der Waals surface area contributed by atoms with E-state index in [4.69, 9.17) is 4.74 Å². The van der Waals surface area contributed by atoms with Crippen molar-refractivity contribution in [2.24, 2.45) is 0 Å². The Morgan fingerprint density at radius 1 is 1.04 bits per heavy atom. The van der Waals surface area contributed by atoms with Crippen molar-refractivity contribution in [3.63, 3.8) is 0 Å². The minimum absolute atomic E-state index is 0.209. The van der Waals surface area contributed by atoms with Crippen LogP contribution in [0.25, 0.3) is 10.9 Å². The second-order valence-electron chi connectivity index (χ2n) is 6.97. The molecule has 1 aromatic carbocycles. The first-order valence-electron chi connectivity index (χ1n) is 9.04. The summed E-state index contributed by atoms with van der Waals surface area (Å²) >= 11 is 0. The molecular weight excluding hydrogens is 347 g/mol. The molecule has 2 aliphatic heterocycles. The van der Waals surface area contributed by atoms with Crippen LogP contribution < -0.4 is 4.74 Å². The van der Waals surface area contributed by atoms with Gasteiger partial charge in [0.25, 0.3) is 0 Å². The van der Waals surface area contributed by atoms with Gasteiger partial charge in [0.05, 0.1) is 17.8 Å². The molecule has 142 valence electrons. The van der Waals surface area contributed by atoms with Crippen LogP contribution in [0, 0.1) is 0 Å². The van der Waals surface area contributed by atoms with E-state index in [-0.39, 0.29) is 11.8 Å². The van der Waals surface area contributed by atoms with E-state index in [9.17, 15) is 13.2 Å². The summed E-state index contributed by atoms with van der Waals surface area (Å²) in [5, 5.41) is 5.10. The first kappa shape index (κ1) is 17.6. The summed E-state index contributed by atoms with van der Waals surface area (Å²) in [4.78, 5) is 2.54. The summed E-state index contributed by atoms with van der Waals surface area (Å²) in [6, 6.07) is 5.29. The second-order valence-corrected chi connectivity index (χ2v) is 6.97. The van der Waals surface area contributed by atoms with Crippen molar-refractivity contribution in [3.05, 3.63) is 24.4 Å². The first-order valence-corrected chi connectivity index (χ1v) is 9.04. The van der Waals surface area contributed by atoms with Crippen LogP contribution in [-0.2, 0) is 4.74 Å². The van der Waals surface area contributed by atoms with Crippen molar-refractivity contribution in [1.29, 1.82) is 0 Å². The summed E-state index contributed by atoms with van der Waals surface area (Å²) in [6.45, 7) is 3.73. The van der Waals surface area contributed by atoms with Gasteiger partial charge in [0, 0.05) is 37.7 Å². The average molecular weight is 369 g/mol. The fraction of sp³-hybridized carbons (Fsp3) is 0.611. The Kier molecular flexibility index (Phi) is 4.79. The molecule has 0 N–H and O–H groups in total. The van der Waals surface area contributed by atoms with Crippen molar-refractivity contribution >= 4 is 10.9 Å². The lowest BCUT2D eigenvalue weighted by Gasteiger charge is -2.39. The van der Waals surface area contributed by atoms with Gasteiger partial charge in [0.2, 0.25) is 0 Å². The van der Waals surface area contributed by atoms with E-state index in [1.165, 1.54) is 12.1 Å². The fourth-order valence-electron chi connectivity index (χ4n) is 4.07. The van der Waals surface area contributed by atoms with Gasteiger partial charge in [-0.1, -0.05) is 0 Å². The highest BCUT2D eigenvalue weighted by Gasteiger charge is 2.31. The van der Waals surface area contributed by atoms with Gasteiger partial charge in [-0.3, -0.25) is 4.68 Å². The Morgan fingerprint density at radius 3 is 2.46 bits per heavy atom. The summed E-state index contributed by atoms with van der Waals surface area (Å²) < 4.78 is 48.5. The molecule has 0 radical (unpaired) electrons. The molecule has 2 saturated heterocycles. The number of aromatic nitrogens is 2. The molecule has 1 aromatic heterocycles. The molecule has 26 heavy (non-hydrogen) atoms. The molecule has 5 nitrogen and oxygen atoms in total. The highest BCUT2D eigenvalue weighted by molar-refractivity contribution is 5.80. The van der Waals surface area contributed by atoms with Crippen LogP contribution in [-0.4, -0.2) is 53.4 Å². The SMILES string of the molecule is FC(F)(F)Oc1ccc2c(cnn2C2CCN(C3CCOCC3)CC2)c1. The molecule has 4 rings (SSSR count). The normalized spacial score (nSPS) is 21.3. The molecule has 0 unspecified atom stereocenters. The maximum Gasteiger partial charge on any atom is 0.573 e. The highest BCUT2D eigenvalue weighted by atomic mass is 19.4. The molecule has 0 spiro atoms. The number of likely N-dealkylation sites (tertiary alicyclic amines) is 1. The molecule has 2 aliphatic rings. The quantitative estimate of drug-likeness (QED) is 0.826. The number of ether oxygens (including phenoxy) is 2. The van der Waals surface area contributed by atoms with Gasteiger partial charge in [0.1, 0.15) is 5.75 Å².